The van der Waals surface area contributed by atoms with Gasteiger partial charge in [0.2, 0.25) is 11.7 Å². The Bertz CT molecular complexity index is 1350. The molecule has 2 heterocycles. The zero-order valence-corrected chi connectivity index (χ0v) is 19.0. The summed E-state index contributed by atoms with van der Waals surface area (Å²) in [5.74, 6) is 0.383. The van der Waals surface area contributed by atoms with Crippen LogP contribution in [0.2, 0.25) is 0 Å². The number of aryl methyl sites for hydroxylation is 1. The lowest BCUT2D eigenvalue weighted by molar-refractivity contribution is -0.115. The summed E-state index contributed by atoms with van der Waals surface area (Å²) in [6, 6.07) is 13.0. The van der Waals surface area contributed by atoms with E-state index in [0.29, 0.717) is 22.2 Å². The third-order valence-electron chi connectivity index (χ3n) is 5.21. The molecule has 0 aliphatic heterocycles. The average Bonchev–Trinajstić information content (AvgIpc) is 3.42. The van der Waals surface area contributed by atoms with Gasteiger partial charge in [0.25, 0.3) is 0 Å². The third-order valence-corrected chi connectivity index (χ3v) is 6.05. The SMILES string of the molecule is COc1cccc2cc(C(=O)/C=C/c3csc(N(C(C)=O)c4cccc(C)c4C)n3)oc12. The van der Waals surface area contributed by atoms with Gasteiger partial charge in [-0.3, -0.25) is 14.5 Å². The van der Waals surface area contributed by atoms with Crippen LogP contribution in [0.4, 0.5) is 10.8 Å². The highest BCUT2D eigenvalue weighted by molar-refractivity contribution is 7.14. The number of amides is 1. The molecule has 162 valence electrons. The van der Waals surface area contributed by atoms with Crippen LogP contribution in [0.15, 0.2) is 58.3 Å². The molecule has 1 amide bonds. The van der Waals surface area contributed by atoms with Gasteiger partial charge in [0.1, 0.15) is 0 Å². The van der Waals surface area contributed by atoms with Crippen molar-refractivity contribution in [3.63, 3.8) is 0 Å². The molecule has 0 aliphatic rings. The number of nitrogens with zero attached hydrogens (tertiary/aromatic N) is 2. The first-order chi connectivity index (χ1) is 15.4. The number of anilines is 2. The van der Waals surface area contributed by atoms with Crippen molar-refractivity contribution in [1.29, 1.82) is 0 Å². The molecule has 0 spiro atoms. The Balaban J connectivity index is 1.59. The first-order valence-electron chi connectivity index (χ1n) is 10.0. The third kappa shape index (κ3) is 4.07. The average molecular weight is 447 g/mol. The molecule has 0 aliphatic carbocycles. The standard InChI is InChI=1S/C25H22N2O4S/c1-15-7-5-9-20(16(15)2)27(17(3)28)25-26-19(14-32-25)11-12-21(29)23-13-18-8-6-10-22(30-4)24(18)31-23/h5-14H,1-4H3/b12-11+. The fraction of sp³-hybridized carbons (Fsp3) is 0.160. The lowest BCUT2D eigenvalue weighted by Gasteiger charge is -2.21. The molecule has 0 atom stereocenters. The number of ketones is 1. The first kappa shape index (κ1) is 21.5. The number of allylic oxidation sites excluding steroid dienone is 1. The van der Waals surface area contributed by atoms with Gasteiger partial charge in [0, 0.05) is 17.7 Å². The number of rotatable bonds is 6. The molecule has 0 saturated heterocycles. The molecular formula is C25H22N2O4S. The van der Waals surface area contributed by atoms with Crippen LogP contribution in [0.5, 0.6) is 5.75 Å². The maximum atomic E-state index is 12.6. The van der Waals surface area contributed by atoms with E-state index in [-0.39, 0.29) is 17.5 Å². The Kier molecular flexibility index (Phi) is 5.92. The summed E-state index contributed by atoms with van der Waals surface area (Å²) in [4.78, 5) is 31.2. The van der Waals surface area contributed by atoms with Crippen molar-refractivity contribution in [1.82, 2.24) is 4.98 Å². The van der Waals surface area contributed by atoms with Gasteiger partial charge in [-0.2, -0.15) is 0 Å². The second-order valence-electron chi connectivity index (χ2n) is 7.32. The lowest BCUT2D eigenvalue weighted by atomic mass is 10.1. The monoisotopic (exact) mass is 446 g/mol. The maximum absolute atomic E-state index is 12.6. The van der Waals surface area contributed by atoms with Gasteiger partial charge in [-0.15, -0.1) is 11.3 Å². The van der Waals surface area contributed by atoms with E-state index in [1.165, 1.54) is 24.3 Å². The van der Waals surface area contributed by atoms with Crippen molar-refractivity contribution in [2.24, 2.45) is 0 Å². The second kappa shape index (κ2) is 8.80. The lowest BCUT2D eigenvalue weighted by Crippen LogP contribution is -2.23. The van der Waals surface area contributed by atoms with Crippen molar-refractivity contribution >= 4 is 50.9 Å². The number of ether oxygens (including phenoxy) is 1. The van der Waals surface area contributed by atoms with Crippen LogP contribution in [0.25, 0.3) is 17.0 Å². The Morgan fingerprint density at radius 3 is 2.69 bits per heavy atom. The molecule has 0 saturated carbocycles. The quantitative estimate of drug-likeness (QED) is 0.264. The fourth-order valence-corrected chi connectivity index (χ4v) is 4.25. The molecular weight excluding hydrogens is 424 g/mol. The first-order valence-corrected chi connectivity index (χ1v) is 10.9. The van der Waals surface area contributed by atoms with Crippen LogP contribution in [0.1, 0.15) is 34.3 Å². The fourth-order valence-electron chi connectivity index (χ4n) is 3.40. The summed E-state index contributed by atoms with van der Waals surface area (Å²) in [7, 11) is 1.56. The smallest absolute Gasteiger partial charge is 0.230 e. The minimum absolute atomic E-state index is 0.129. The minimum Gasteiger partial charge on any atom is -0.493 e. The van der Waals surface area contributed by atoms with Crippen molar-refractivity contribution in [2.75, 3.05) is 12.0 Å². The highest BCUT2D eigenvalue weighted by atomic mass is 32.1. The molecule has 6 nitrogen and oxygen atoms in total. The Labute approximate surface area is 189 Å². The number of aromatic nitrogens is 1. The second-order valence-corrected chi connectivity index (χ2v) is 8.15. The maximum Gasteiger partial charge on any atom is 0.230 e. The Morgan fingerprint density at radius 2 is 1.94 bits per heavy atom. The van der Waals surface area contributed by atoms with Crippen LogP contribution >= 0.6 is 11.3 Å². The van der Waals surface area contributed by atoms with Crippen LogP contribution in [-0.2, 0) is 4.79 Å². The molecule has 0 unspecified atom stereocenters. The summed E-state index contributed by atoms with van der Waals surface area (Å²) in [6.07, 6.45) is 3.03. The number of fused-ring (bicyclic) bond motifs is 1. The van der Waals surface area contributed by atoms with Gasteiger partial charge >= 0.3 is 0 Å². The number of furan rings is 1. The van der Waals surface area contributed by atoms with E-state index in [2.05, 4.69) is 4.98 Å². The predicted octanol–water partition coefficient (Wildman–Crippen LogP) is 6.10. The summed E-state index contributed by atoms with van der Waals surface area (Å²) >= 11 is 1.34. The molecule has 0 bridgehead atoms. The highest BCUT2D eigenvalue weighted by Crippen LogP contribution is 2.33. The minimum atomic E-state index is -0.282. The largest absolute Gasteiger partial charge is 0.493 e. The number of hydrogen-bond acceptors (Lipinski definition) is 6. The topological polar surface area (TPSA) is 72.6 Å². The van der Waals surface area contributed by atoms with Gasteiger partial charge in [-0.25, -0.2) is 4.98 Å². The summed E-state index contributed by atoms with van der Waals surface area (Å²) in [6.45, 7) is 5.50. The zero-order valence-electron chi connectivity index (χ0n) is 18.2. The van der Waals surface area contributed by atoms with Crippen LogP contribution < -0.4 is 9.64 Å². The highest BCUT2D eigenvalue weighted by Gasteiger charge is 2.20. The summed E-state index contributed by atoms with van der Waals surface area (Å²) < 4.78 is 11.0. The van der Waals surface area contributed by atoms with E-state index in [1.54, 1.807) is 30.2 Å². The van der Waals surface area contributed by atoms with E-state index in [0.717, 1.165) is 22.2 Å². The predicted molar refractivity (Wildman–Crippen MR) is 127 cm³/mol. The molecule has 0 N–H and O–H groups in total. The number of methoxy groups -OCH3 is 1. The van der Waals surface area contributed by atoms with Crippen LogP contribution in [0, 0.1) is 13.8 Å². The number of para-hydroxylation sites is 1. The normalized spacial score (nSPS) is 11.2. The van der Waals surface area contributed by atoms with E-state index in [9.17, 15) is 9.59 Å². The van der Waals surface area contributed by atoms with Gasteiger partial charge < -0.3 is 9.15 Å². The number of carbonyl (C=O) groups is 2. The summed E-state index contributed by atoms with van der Waals surface area (Å²) in [5, 5.41) is 3.15. The van der Waals surface area contributed by atoms with Crippen molar-refractivity contribution in [3.8, 4) is 5.75 Å². The number of carbonyl (C=O) groups excluding carboxylic acids is 2. The molecule has 2 aromatic carbocycles. The van der Waals surface area contributed by atoms with Crippen LogP contribution in [-0.4, -0.2) is 23.8 Å². The molecule has 2 aromatic heterocycles. The zero-order chi connectivity index (χ0) is 22.8. The van der Waals surface area contributed by atoms with E-state index >= 15 is 0 Å². The summed E-state index contributed by atoms with van der Waals surface area (Å²) in [5.41, 5.74) is 4.04. The van der Waals surface area contributed by atoms with E-state index < -0.39 is 0 Å². The molecule has 0 radical (unpaired) electrons. The molecule has 7 heteroatoms. The van der Waals surface area contributed by atoms with Gasteiger partial charge in [0.05, 0.1) is 18.5 Å². The Morgan fingerprint density at radius 1 is 1.16 bits per heavy atom. The molecule has 4 rings (SSSR count). The van der Waals surface area contributed by atoms with Crippen molar-refractivity contribution < 1.29 is 18.7 Å². The van der Waals surface area contributed by atoms with Gasteiger partial charge in [-0.05, 0) is 55.3 Å². The van der Waals surface area contributed by atoms with Crippen LogP contribution in [0.3, 0.4) is 0 Å². The van der Waals surface area contributed by atoms with E-state index in [4.69, 9.17) is 9.15 Å². The number of hydrogen-bond donors (Lipinski definition) is 0. The van der Waals surface area contributed by atoms with Gasteiger partial charge in [0.15, 0.2) is 22.2 Å². The van der Waals surface area contributed by atoms with Crippen molar-refractivity contribution in [3.05, 3.63) is 76.5 Å². The van der Waals surface area contributed by atoms with Gasteiger partial charge in [-0.1, -0.05) is 24.3 Å². The number of thiazole rings is 1. The molecule has 4 aromatic rings. The van der Waals surface area contributed by atoms with Crippen molar-refractivity contribution in [2.45, 2.75) is 20.8 Å². The number of benzene rings is 2. The molecule has 0 fully saturated rings. The Hall–Kier alpha value is -3.71. The van der Waals surface area contributed by atoms with E-state index in [1.807, 2.05) is 49.6 Å². The molecule has 32 heavy (non-hydrogen) atoms.